The molecule has 1 heterocycles. The van der Waals surface area contributed by atoms with Gasteiger partial charge in [-0.15, -0.1) is 0 Å². The molecule has 112 valence electrons. The Balaban J connectivity index is 2.00. The number of nitrogens with zero attached hydrogens (tertiary/aromatic N) is 2. The zero-order valence-electron chi connectivity index (χ0n) is 10.9. The van der Waals surface area contributed by atoms with Crippen LogP contribution in [0.2, 0.25) is 5.02 Å². The van der Waals surface area contributed by atoms with Gasteiger partial charge >= 0.3 is 0 Å². The van der Waals surface area contributed by atoms with Gasteiger partial charge in [0.1, 0.15) is 5.69 Å². The van der Waals surface area contributed by atoms with Crippen LogP contribution in [0.4, 0.5) is 5.69 Å². The number of anilines is 1. The van der Waals surface area contributed by atoms with E-state index in [-0.39, 0.29) is 22.0 Å². The Hall–Kier alpha value is -1.12. The molecule has 0 amide bonds. The topological polar surface area (TPSA) is 107 Å². The summed E-state index contributed by atoms with van der Waals surface area (Å²) in [5.74, 6) is 0.385. The van der Waals surface area contributed by atoms with E-state index in [1.807, 2.05) is 0 Å². The number of hydrogen-bond acceptors (Lipinski definition) is 5. The molecule has 1 aliphatic rings. The van der Waals surface area contributed by atoms with Gasteiger partial charge < -0.3 is 5.32 Å². The molecule has 0 aliphatic heterocycles. The highest BCUT2D eigenvalue weighted by atomic mass is 35.5. The summed E-state index contributed by atoms with van der Waals surface area (Å²) in [6.45, 7) is 0.903. The van der Waals surface area contributed by atoms with E-state index in [2.05, 4.69) is 10.4 Å². The minimum atomic E-state index is -3.48. The second-order valence-corrected chi connectivity index (χ2v) is 7.09. The first-order valence-electron chi connectivity index (χ1n) is 6.37. The summed E-state index contributed by atoms with van der Waals surface area (Å²) in [7, 11) is -3.48. The largest absolute Gasteiger partial charge is 0.379 e. The lowest BCUT2D eigenvalue weighted by Gasteiger charge is -2.10. The van der Waals surface area contributed by atoms with Crippen molar-refractivity contribution in [2.45, 2.75) is 25.8 Å². The van der Waals surface area contributed by atoms with Gasteiger partial charge in [-0.05, 0) is 25.2 Å². The van der Waals surface area contributed by atoms with Crippen molar-refractivity contribution in [2.75, 3.05) is 17.6 Å². The Labute approximate surface area is 122 Å². The molecule has 0 radical (unpaired) electrons. The van der Waals surface area contributed by atoms with Crippen LogP contribution < -0.4 is 16.0 Å². The second kappa shape index (κ2) is 6.11. The molecule has 0 unspecified atom stereocenters. The van der Waals surface area contributed by atoms with E-state index >= 15 is 0 Å². The van der Waals surface area contributed by atoms with Crippen molar-refractivity contribution in [3.05, 3.63) is 21.6 Å². The van der Waals surface area contributed by atoms with Crippen molar-refractivity contribution in [3.63, 3.8) is 0 Å². The molecule has 0 atom stereocenters. The fourth-order valence-electron chi connectivity index (χ4n) is 1.79. The minimum absolute atomic E-state index is 0.140. The first kappa shape index (κ1) is 15.3. The lowest BCUT2D eigenvalue weighted by atomic mass is 10.4. The molecule has 20 heavy (non-hydrogen) atoms. The van der Waals surface area contributed by atoms with Crippen molar-refractivity contribution >= 4 is 27.3 Å². The van der Waals surface area contributed by atoms with Gasteiger partial charge in [-0.1, -0.05) is 11.6 Å². The van der Waals surface area contributed by atoms with Gasteiger partial charge in [-0.3, -0.25) is 4.79 Å². The maximum absolute atomic E-state index is 12.2. The maximum Gasteiger partial charge on any atom is 0.291 e. The summed E-state index contributed by atoms with van der Waals surface area (Å²) in [6, 6.07) is 0. The van der Waals surface area contributed by atoms with E-state index in [0.717, 1.165) is 12.8 Å². The lowest BCUT2D eigenvalue weighted by Crippen LogP contribution is -2.27. The maximum atomic E-state index is 12.2. The van der Waals surface area contributed by atoms with Gasteiger partial charge in [0.15, 0.2) is 0 Å². The number of nitrogens with one attached hydrogen (secondary N) is 1. The summed E-state index contributed by atoms with van der Waals surface area (Å²) < 4.78 is 23.0. The van der Waals surface area contributed by atoms with E-state index in [1.54, 1.807) is 0 Å². The molecule has 0 aromatic carbocycles. The van der Waals surface area contributed by atoms with Gasteiger partial charge in [0, 0.05) is 13.1 Å². The first-order valence-corrected chi connectivity index (χ1v) is 8.46. The van der Waals surface area contributed by atoms with Crippen LogP contribution in [0.3, 0.4) is 0 Å². The SMILES string of the molecule is NS(=O)(=O)CCCNc1c(Cl)cnn(CC2CC2)c1=O. The van der Waals surface area contributed by atoms with E-state index in [1.165, 1.54) is 10.9 Å². The van der Waals surface area contributed by atoms with Crippen LogP contribution in [0.1, 0.15) is 19.3 Å². The van der Waals surface area contributed by atoms with Crippen molar-refractivity contribution in [1.29, 1.82) is 0 Å². The molecule has 0 bridgehead atoms. The predicted molar refractivity (Wildman–Crippen MR) is 77.3 cm³/mol. The molecule has 0 saturated heterocycles. The Morgan fingerprint density at radius 3 is 2.80 bits per heavy atom. The van der Waals surface area contributed by atoms with Crippen LogP contribution in [0, 0.1) is 5.92 Å². The highest BCUT2D eigenvalue weighted by molar-refractivity contribution is 7.89. The zero-order valence-corrected chi connectivity index (χ0v) is 12.5. The number of aromatic nitrogens is 2. The van der Waals surface area contributed by atoms with Gasteiger partial charge in [-0.25, -0.2) is 18.2 Å². The standard InChI is InChI=1S/C11H17ClN4O3S/c12-9-6-15-16(7-8-2-3-8)11(17)10(9)14-4-1-5-20(13,18)19/h6,8,14H,1-5,7H2,(H2,13,18,19). The number of rotatable bonds is 7. The average Bonchev–Trinajstić information content (AvgIpc) is 3.14. The molecule has 1 aromatic rings. The molecule has 1 aliphatic carbocycles. The highest BCUT2D eigenvalue weighted by Gasteiger charge is 2.23. The minimum Gasteiger partial charge on any atom is -0.379 e. The second-order valence-electron chi connectivity index (χ2n) is 4.95. The van der Waals surface area contributed by atoms with Gasteiger partial charge in [0.05, 0.1) is 17.0 Å². The zero-order chi connectivity index (χ0) is 14.8. The number of primary sulfonamides is 1. The third-order valence-corrected chi connectivity index (χ3v) is 4.18. The Kier molecular flexibility index (Phi) is 4.66. The fourth-order valence-corrected chi connectivity index (χ4v) is 2.53. The quantitative estimate of drug-likeness (QED) is 0.707. The first-order chi connectivity index (χ1) is 9.37. The molecule has 9 heteroatoms. The normalized spacial score (nSPS) is 15.3. The van der Waals surface area contributed by atoms with Crippen molar-refractivity contribution in [2.24, 2.45) is 11.1 Å². The van der Waals surface area contributed by atoms with Crippen molar-refractivity contribution in [1.82, 2.24) is 9.78 Å². The predicted octanol–water partition coefficient (Wildman–Crippen LogP) is 0.397. The number of sulfonamides is 1. The van der Waals surface area contributed by atoms with Crippen LogP contribution in [-0.4, -0.2) is 30.5 Å². The fraction of sp³-hybridized carbons (Fsp3) is 0.636. The molecule has 1 aromatic heterocycles. The molecular weight excluding hydrogens is 304 g/mol. The lowest BCUT2D eigenvalue weighted by molar-refractivity contribution is 0.534. The van der Waals surface area contributed by atoms with Crippen LogP contribution >= 0.6 is 11.6 Å². The van der Waals surface area contributed by atoms with Crippen molar-refractivity contribution < 1.29 is 8.42 Å². The van der Waals surface area contributed by atoms with Crippen LogP contribution in [-0.2, 0) is 16.6 Å². The summed E-state index contributed by atoms with van der Waals surface area (Å²) in [4.78, 5) is 12.2. The smallest absolute Gasteiger partial charge is 0.291 e. The summed E-state index contributed by atoms with van der Waals surface area (Å²) in [5, 5.41) is 12.0. The Bertz CT molecular complexity index is 640. The number of hydrogen-bond donors (Lipinski definition) is 2. The van der Waals surface area contributed by atoms with Gasteiger partial charge in [-0.2, -0.15) is 5.10 Å². The summed E-state index contributed by atoms with van der Waals surface area (Å²) >= 11 is 5.94. The van der Waals surface area contributed by atoms with E-state index in [9.17, 15) is 13.2 Å². The molecule has 2 rings (SSSR count). The Morgan fingerprint density at radius 2 is 2.20 bits per heavy atom. The third-order valence-electron chi connectivity index (χ3n) is 3.03. The molecule has 0 spiro atoms. The van der Waals surface area contributed by atoms with Crippen LogP contribution in [0.25, 0.3) is 0 Å². The Morgan fingerprint density at radius 1 is 1.50 bits per heavy atom. The van der Waals surface area contributed by atoms with E-state index in [0.29, 0.717) is 25.4 Å². The van der Waals surface area contributed by atoms with Gasteiger partial charge in [0.25, 0.3) is 5.56 Å². The average molecular weight is 321 g/mol. The molecule has 3 N–H and O–H groups in total. The molecule has 7 nitrogen and oxygen atoms in total. The summed E-state index contributed by atoms with van der Waals surface area (Å²) in [6.07, 6.45) is 3.97. The molecule has 1 saturated carbocycles. The highest BCUT2D eigenvalue weighted by Crippen LogP contribution is 2.30. The molecule has 1 fully saturated rings. The van der Waals surface area contributed by atoms with Crippen LogP contribution in [0.5, 0.6) is 0 Å². The summed E-state index contributed by atoms with van der Waals surface area (Å²) in [5.41, 5.74) is -0.0169. The molecular formula is C11H17ClN4O3S. The van der Waals surface area contributed by atoms with Gasteiger partial charge in [0.2, 0.25) is 10.0 Å². The number of halogens is 1. The number of nitrogens with two attached hydrogens (primary N) is 1. The van der Waals surface area contributed by atoms with E-state index in [4.69, 9.17) is 16.7 Å². The third kappa shape index (κ3) is 4.46. The van der Waals surface area contributed by atoms with Crippen LogP contribution in [0.15, 0.2) is 11.0 Å². The van der Waals surface area contributed by atoms with E-state index < -0.39 is 10.0 Å². The van der Waals surface area contributed by atoms with Crippen molar-refractivity contribution in [3.8, 4) is 0 Å². The monoisotopic (exact) mass is 320 g/mol.